The summed E-state index contributed by atoms with van der Waals surface area (Å²) in [5.41, 5.74) is 6.18. The molecule has 2 N–H and O–H groups in total. The third-order valence-corrected chi connectivity index (χ3v) is 5.93. The number of benzene rings is 1. The first-order chi connectivity index (χ1) is 11.0. The molecule has 122 valence electrons. The van der Waals surface area contributed by atoms with Gasteiger partial charge >= 0.3 is 0 Å². The SMILES string of the molecule is CN(Cc1ccccc1)C(=O)CSc1nnc(SCC(N)=O)s1. The summed E-state index contributed by atoms with van der Waals surface area (Å²) >= 11 is 3.96. The van der Waals surface area contributed by atoms with Crippen LogP contribution in [0, 0.1) is 0 Å². The highest BCUT2D eigenvalue weighted by Gasteiger charge is 2.12. The molecule has 2 aromatic rings. The van der Waals surface area contributed by atoms with Gasteiger partial charge in [0.25, 0.3) is 0 Å². The summed E-state index contributed by atoms with van der Waals surface area (Å²) in [6.45, 7) is 0.579. The van der Waals surface area contributed by atoms with E-state index in [1.807, 2.05) is 30.3 Å². The smallest absolute Gasteiger partial charge is 0.233 e. The Hall–Kier alpha value is -1.58. The predicted molar refractivity (Wildman–Crippen MR) is 93.5 cm³/mol. The van der Waals surface area contributed by atoms with E-state index in [0.29, 0.717) is 21.0 Å². The monoisotopic (exact) mass is 368 g/mol. The highest BCUT2D eigenvalue weighted by molar-refractivity contribution is 8.03. The first-order valence-corrected chi connectivity index (χ1v) is 9.48. The largest absolute Gasteiger partial charge is 0.369 e. The van der Waals surface area contributed by atoms with Gasteiger partial charge in [0.15, 0.2) is 8.68 Å². The van der Waals surface area contributed by atoms with Gasteiger partial charge < -0.3 is 10.6 Å². The van der Waals surface area contributed by atoms with Gasteiger partial charge in [-0.1, -0.05) is 65.2 Å². The van der Waals surface area contributed by atoms with Crippen LogP contribution in [-0.4, -0.2) is 45.5 Å². The molecule has 0 saturated heterocycles. The number of thioether (sulfide) groups is 2. The van der Waals surface area contributed by atoms with Crippen LogP contribution in [0.5, 0.6) is 0 Å². The maximum Gasteiger partial charge on any atom is 0.233 e. The van der Waals surface area contributed by atoms with Crippen LogP contribution in [0.4, 0.5) is 0 Å². The highest BCUT2D eigenvalue weighted by Crippen LogP contribution is 2.28. The Morgan fingerprint density at radius 3 is 2.35 bits per heavy atom. The van der Waals surface area contributed by atoms with Crippen LogP contribution in [0.25, 0.3) is 0 Å². The van der Waals surface area contributed by atoms with E-state index in [1.165, 1.54) is 34.9 Å². The zero-order valence-corrected chi connectivity index (χ0v) is 14.9. The van der Waals surface area contributed by atoms with Gasteiger partial charge in [0.2, 0.25) is 11.8 Å². The number of hydrogen-bond acceptors (Lipinski definition) is 7. The van der Waals surface area contributed by atoms with Gasteiger partial charge in [0.05, 0.1) is 11.5 Å². The van der Waals surface area contributed by atoms with Crippen molar-refractivity contribution in [3.8, 4) is 0 Å². The van der Waals surface area contributed by atoms with Gasteiger partial charge in [0.1, 0.15) is 0 Å². The number of carbonyl (C=O) groups is 2. The zero-order chi connectivity index (χ0) is 16.7. The van der Waals surface area contributed by atoms with Crippen LogP contribution in [0.2, 0.25) is 0 Å². The van der Waals surface area contributed by atoms with Crippen molar-refractivity contribution >= 4 is 46.7 Å². The van der Waals surface area contributed by atoms with Gasteiger partial charge in [-0.3, -0.25) is 9.59 Å². The maximum atomic E-state index is 12.1. The maximum absolute atomic E-state index is 12.1. The van der Waals surface area contributed by atoms with Crippen molar-refractivity contribution in [1.82, 2.24) is 15.1 Å². The Balaban J connectivity index is 1.78. The fraction of sp³-hybridized carbons (Fsp3) is 0.286. The van der Waals surface area contributed by atoms with Crippen molar-refractivity contribution in [2.75, 3.05) is 18.6 Å². The fourth-order valence-corrected chi connectivity index (χ4v) is 4.33. The molecule has 0 spiro atoms. The number of primary amides is 1. The van der Waals surface area contributed by atoms with Gasteiger partial charge in [-0.05, 0) is 5.56 Å². The van der Waals surface area contributed by atoms with E-state index in [0.717, 1.165) is 5.56 Å². The number of nitrogens with zero attached hydrogens (tertiary/aromatic N) is 3. The molecule has 0 fully saturated rings. The molecule has 1 aromatic carbocycles. The molecule has 2 amide bonds. The highest BCUT2D eigenvalue weighted by atomic mass is 32.2. The topological polar surface area (TPSA) is 89.2 Å². The van der Waals surface area contributed by atoms with E-state index in [4.69, 9.17) is 5.73 Å². The summed E-state index contributed by atoms with van der Waals surface area (Å²) in [4.78, 5) is 24.5. The molecular weight excluding hydrogens is 352 g/mol. The van der Waals surface area contributed by atoms with Gasteiger partial charge in [-0.15, -0.1) is 10.2 Å². The van der Waals surface area contributed by atoms with E-state index in [2.05, 4.69) is 10.2 Å². The first-order valence-electron chi connectivity index (χ1n) is 6.70. The summed E-state index contributed by atoms with van der Waals surface area (Å²) in [5.74, 6) is 0.119. The van der Waals surface area contributed by atoms with Crippen molar-refractivity contribution in [1.29, 1.82) is 0 Å². The third kappa shape index (κ3) is 6.20. The molecule has 1 heterocycles. The predicted octanol–water partition coefficient (Wildman–Crippen LogP) is 1.87. The van der Waals surface area contributed by atoms with Crippen molar-refractivity contribution < 1.29 is 9.59 Å². The first kappa shape index (κ1) is 17.8. The summed E-state index contributed by atoms with van der Waals surface area (Å²) in [5, 5.41) is 7.95. The standard InChI is InChI=1S/C14H16N4O2S3/c1-18(7-10-5-3-2-4-6-10)12(20)9-22-14-17-16-13(23-14)21-8-11(15)19/h2-6H,7-9H2,1H3,(H2,15,19). The zero-order valence-electron chi connectivity index (χ0n) is 12.5. The number of hydrogen-bond donors (Lipinski definition) is 1. The van der Waals surface area contributed by atoms with Crippen LogP contribution < -0.4 is 5.73 Å². The number of rotatable bonds is 8. The second-order valence-corrected chi connectivity index (χ2v) is 8.04. The van der Waals surface area contributed by atoms with E-state index < -0.39 is 5.91 Å². The Kier molecular flexibility index (Phi) is 6.87. The molecule has 0 aliphatic heterocycles. The van der Waals surface area contributed by atoms with Crippen LogP contribution >= 0.6 is 34.9 Å². The lowest BCUT2D eigenvalue weighted by molar-refractivity contribution is -0.127. The molecule has 0 saturated carbocycles. The van der Waals surface area contributed by atoms with E-state index in [1.54, 1.807) is 11.9 Å². The summed E-state index contributed by atoms with van der Waals surface area (Å²) in [6.07, 6.45) is 0. The van der Waals surface area contributed by atoms with Crippen molar-refractivity contribution in [2.45, 2.75) is 15.2 Å². The molecule has 1 aromatic heterocycles. The minimum absolute atomic E-state index is 0.0281. The Morgan fingerprint density at radius 2 is 1.74 bits per heavy atom. The number of aromatic nitrogens is 2. The lowest BCUT2D eigenvalue weighted by Crippen LogP contribution is -2.27. The van der Waals surface area contributed by atoms with Gasteiger partial charge in [0, 0.05) is 13.6 Å². The van der Waals surface area contributed by atoms with E-state index in [-0.39, 0.29) is 11.7 Å². The van der Waals surface area contributed by atoms with Crippen molar-refractivity contribution in [3.63, 3.8) is 0 Å². The molecule has 6 nitrogen and oxygen atoms in total. The van der Waals surface area contributed by atoms with Crippen molar-refractivity contribution in [3.05, 3.63) is 35.9 Å². The van der Waals surface area contributed by atoms with Crippen LogP contribution in [0.1, 0.15) is 5.56 Å². The van der Waals surface area contributed by atoms with E-state index in [9.17, 15) is 9.59 Å². The Bertz CT molecular complexity index is 663. The minimum Gasteiger partial charge on any atom is -0.369 e. The van der Waals surface area contributed by atoms with E-state index >= 15 is 0 Å². The molecule has 23 heavy (non-hydrogen) atoms. The average Bonchev–Trinajstić information content (AvgIpc) is 2.99. The Labute approximate surface area is 146 Å². The molecule has 0 unspecified atom stereocenters. The summed E-state index contributed by atoms with van der Waals surface area (Å²) < 4.78 is 1.38. The van der Waals surface area contributed by atoms with Crippen LogP contribution in [-0.2, 0) is 16.1 Å². The van der Waals surface area contributed by atoms with Crippen molar-refractivity contribution in [2.24, 2.45) is 5.73 Å². The summed E-state index contributed by atoms with van der Waals surface area (Å²) in [7, 11) is 1.78. The number of carbonyl (C=O) groups excluding carboxylic acids is 2. The lowest BCUT2D eigenvalue weighted by Gasteiger charge is -2.16. The quantitative estimate of drug-likeness (QED) is 0.716. The molecule has 0 radical (unpaired) electrons. The number of nitrogens with two attached hydrogens (primary N) is 1. The van der Waals surface area contributed by atoms with Crippen LogP contribution in [0.3, 0.4) is 0 Å². The van der Waals surface area contributed by atoms with Gasteiger partial charge in [-0.25, -0.2) is 0 Å². The molecule has 9 heteroatoms. The van der Waals surface area contributed by atoms with Crippen LogP contribution in [0.15, 0.2) is 39.0 Å². The van der Waals surface area contributed by atoms with Gasteiger partial charge in [-0.2, -0.15) is 0 Å². The molecule has 0 atom stereocenters. The normalized spacial score (nSPS) is 10.5. The molecule has 0 aliphatic carbocycles. The molecule has 0 bridgehead atoms. The second kappa shape index (κ2) is 8.90. The second-order valence-electron chi connectivity index (χ2n) is 4.61. The molecular formula is C14H16N4O2S3. The average molecular weight is 369 g/mol. The molecule has 2 rings (SSSR count). The lowest BCUT2D eigenvalue weighted by atomic mass is 10.2. The summed E-state index contributed by atoms with van der Waals surface area (Å²) in [6, 6.07) is 9.84. The third-order valence-electron chi connectivity index (χ3n) is 2.73. The number of amides is 2. The fourth-order valence-electron chi connectivity index (χ4n) is 1.63. The minimum atomic E-state index is -0.392. The Morgan fingerprint density at radius 1 is 1.13 bits per heavy atom. The molecule has 0 aliphatic rings.